The predicted molar refractivity (Wildman–Crippen MR) is 98.5 cm³/mol. The molecule has 2 saturated heterocycles. The molecule has 1 aromatic rings. The number of ether oxygens (including phenoxy) is 1. The standard InChI is InChI=1S/C21H28F2N2O2/c1-15-4-2-3-5-16(15)12-25-13-20(14-25)18(7-9-27-20)6-8-24-19(26)17-10-21(22,23)11-17/h2-5,17-18H,6-14H2,1H3,(H,24,26)/t18-/m1/s1. The number of carbonyl (C=O) groups is 1. The lowest BCUT2D eigenvalue weighted by Crippen LogP contribution is -2.64. The minimum atomic E-state index is -2.64. The molecule has 0 radical (unpaired) electrons. The van der Waals surface area contributed by atoms with E-state index in [-0.39, 0.29) is 24.3 Å². The Kier molecular flexibility index (Phi) is 4.97. The normalized spacial score (nSPS) is 26.6. The number of rotatable bonds is 6. The molecule has 4 rings (SSSR count). The molecule has 1 spiro atoms. The fourth-order valence-electron chi connectivity index (χ4n) is 4.75. The Morgan fingerprint density at radius 2 is 2.04 bits per heavy atom. The van der Waals surface area contributed by atoms with Crippen molar-refractivity contribution in [2.45, 2.75) is 50.7 Å². The highest BCUT2D eigenvalue weighted by atomic mass is 19.3. The summed E-state index contributed by atoms with van der Waals surface area (Å²) in [4.78, 5) is 14.3. The van der Waals surface area contributed by atoms with E-state index < -0.39 is 11.8 Å². The number of carbonyl (C=O) groups excluding carboxylic acids is 1. The van der Waals surface area contributed by atoms with Gasteiger partial charge in [0.1, 0.15) is 0 Å². The van der Waals surface area contributed by atoms with Crippen LogP contribution in [0.4, 0.5) is 8.78 Å². The summed E-state index contributed by atoms with van der Waals surface area (Å²) < 4.78 is 31.9. The third kappa shape index (κ3) is 3.87. The first-order valence-electron chi connectivity index (χ1n) is 9.93. The highest BCUT2D eigenvalue weighted by Gasteiger charge is 2.52. The molecule has 1 aliphatic carbocycles. The molecular weight excluding hydrogens is 350 g/mol. The molecule has 0 aromatic heterocycles. The predicted octanol–water partition coefficient (Wildman–Crippen LogP) is 3.14. The van der Waals surface area contributed by atoms with Gasteiger partial charge in [0.05, 0.1) is 5.60 Å². The quantitative estimate of drug-likeness (QED) is 0.827. The van der Waals surface area contributed by atoms with Crippen LogP contribution in [-0.2, 0) is 16.1 Å². The van der Waals surface area contributed by atoms with Crippen molar-refractivity contribution in [3.05, 3.63) is 35.4 Å². The van der Waals surface area contributed by atoms with E-state index in [4.69, 9.17) is 4.74 Å². The zero-order chi connectivity index (χ0) is 19.1. The smallest absolute Gasteiger partial charge is 0.249 e. The Labute approximate surface area is 159 Å². The molecule has 2 aliphatic heterocycles. The Morgan fingerprint density at radius 1 is 1.30 bits per heavy atom. The number of benzene rings is 1. The average Bonchev–Trinajstić information content (AvgIpc) is 2.98. The van der Waals surface area contributed by atoms with Gasteiger partial charge < -0.3 is 10.1 Å². The fraction of sp³-hybridized carbons (Fsp3) is 0.667. The lowest BCUT2D eigenvalue weighted by Gasteiger charge is -2.50. The van der Waals surface area contributed by atoms with Crippen LogP contribution < -0.4 is 5.32 Å². The first kappa shape index (κ1) is 18.8. The highest BCUT2D eigenvalue weighted by molar-refractivity contribution is 5.79. The van der Waals surface area contributed by atoms with Gasteiger partial charge in [0.25, 0.3) is 0 Å². The van der Waals surface area contributed by atoms with Crippen LogP contribution in [-0.4, -0.2) is 48.6 Å². The third-order valence-corrected chi connectivity index (χ3v) is 6.49. The number of aryl methyl sites for hydroxylation is 1. The van der Waals surface area contributed by atoms with E-state index in [1.54, 1.807) is 0 Å². The van der Waals surface area contributed by atoms with Crippen molar-refractivity contribution < 1.29 is 18.3 Å². The van der Waals surface area contributed by atoms with Crippen molar-refractivity contribution in [3.8, 4) is 0 Å². The Balaban J connectivity index is 1.22. The molecular formula is C21H28F2N2O2. The van der Waals surface area contributed by atoms with E-state index >= 15 is 0 Å². The van der Waals surface area contributed by atoms with Gasteiger partial charge in [-0.3, -0.25) is 9.69 Å². The van der Waals surface area contributed by atoms with Gasteiger partial charge in [-0.1, -0.05) is 24.3 Å². The van der Waals surface area contributed by atoms with Crippen molar-refractivity contribution in [1.82, 2.24) is 10.2 Å². The topological polar surface area (TPSA) is 41.6 Å². The van der Waals surface area contributed by atoms with Crippen molar-refractivity contribution in [2.24, 2.45) is 11.8 Å². The zero-order valence-corrected chi connectivity index (χ0v) is 15.8. The number of halogens is 2. The van der Waals surface area contributed by atoms with Gasteiger partial charge in [-0.05, 0) is 36.8 Å². The third-order valence-electron chi connectivity index (χ3n) is 6.49. The van der Waals surface area contributed by atoms with Gasteiger partial charge in [-0.25, -0.2) is 8.78 Å². The number of amides is 1. The average molecular weight is 378 g/mol. The van der Waals surface area contributed by atoms with E-state index in [1.807, 2.05) is 0 Å². The van der Waals surface area contributed by atoms with Gasteiger partial charge in [0, 0.05) is 51.5 Å². The summed E-state index contributed by atoms with van der Waals surface area (Å²) in [7, 11) is 0. The summed E-state index contributed by atoms with van der Waals surface area (Å²) in [5.74, 6) is -2.95. The number of hydrogen-bond acceptors (Lipinski definition) is 3. The van der Waals surface area contributed by atoms with E-state index in [0.717, 1.165) is 39.1 Å². The Bertz CT molecular complexity index is 695. The van der Waals surface area contributed by atoms with Crippen LogP contribution in [0.15, 0.2) is 24.3 Å². The molecule has 1 aromatic carbocycles. The Morgan fingerprint density at radius 3 is 2.74 bits per heavy atom. The minimum absolute atomic E-state index is 0.0864. The first-order chi connectivity index (χ1) is 12.9. The molecule has 1 atom stereocenters. The number of nitrogens with one attached hydrogen (secondary N) is 1. The fourth-order valence-corrected chi connectivity index (χ4v) is 4.75. The first-order valence-corrected chi connectivity index (χ1v) is 9.93. The van der Waals surface area contributed by atoms with Crippen LogP contribution in [0.1, 0.15) is 36.8 Å². The molecule has 1 amide bonds. The lowest BCUT2D eigenvalue weighted by molar-refractivity contribution is -0.150. The van der Waals surface area contributed by atoms with Crippen molar-refractivity contribution in [3.63, 3.8) is 0 Å². The number of hydrogen-bond donors (Lipinski definition) is 1. The summed E-state index contributed by atoms with van der Waals surface area (Å²) in [6.07, 6.45) is 1.26. The van der Waals surface area contributed by atoms with Crippen LogP contribution in [0, 0.1) is 18.8 Å². The summed E-state index contributed by atoms with van der Waals surface area (Å²) in [6, 6.07) is 8.45. The van der Waals surface area contributed by atoms with E-state index in [2.05, 4.69) is 41.4 Å². The van der Waals surface area contributed by atoms with E-state index in [0.29, 0.717) is 12.5 Å². The molecule has 0 bridgehead atoms. The Hall–Kier alpha value is -1.53. The molecule has 1 N–H and O–H groups in total. The second-order valence-electron chi connectivity index (χ2n) is 8.51. The van der Waals surface area contributed by atoms with Gasteiger partial charge in [-0.2, -0.15) is 0 Å². The molecule has 4 nitrogen and oxygen atoms in total. The van der Waals surface area contributed by atoms with Crippen LogP contribution in [0.2, 0.25) is 0 Å². The molecule has 2 heterocycles. The monoisotopic (exact) mass is 378 g/mol. The van der Waals surface area contributed by atoms with Gasteiger partial charge in [-0.15, -0.1) is 0 Å². The largest absolute Gasteiger partial charge is 0.372 e. The lowest BCUT2D eigenvalue weighted by atomic mass is 9.78. The van der Waals surface area contributed by atoms with Crippen LogP contribution in [0.5, 0.6) is 0 Å². The minimum Gasteiger partial charge on any atom is -0.372 e. The summed E-state index contributed by atoms with van der Waals surface area (Å²) in [6.45, 7) is 6.25. The summed E-state index contributed by atoms with van der Waals surface area (Å²) in [5, 5.41) is 2.85. The second kappa shape index (κ2) is 7.13. The number of nitrogens with zero attached hydrogens (tertiary/aromatic N) is 1. The molecule has 0 unspecified atom stereocenters. The van der Waals surface area contributed by atoms with E-state index in [1.165, 1.54) is 11.1 Å². The van der Waals surface area contributed by atoms with Gasteiger partial charge >= 0.3 is 0 Å². The SMILES string of the molecule is Cc1ccccc1CN1CC2(C1)OCC[C@H]2CCNC(=O)C1CC(F)(F)C1. The maximum absolute atomic E-state index is 12.9. The summed E-state index contributed by atoms with van der Waals surface area (Å²) in [5.41, 5.74) is 2.58. The van der Waals surface area contributed by atoms with Crippen molar-refractivity contribution in [2.75, 3.05) is 26.2 Å². The molecule has 27 heavy (non-hydrogen) atoms. The number of alkyl halides is 2. The highest BCUT2D eigenvalue weighted by Crippen LogP contribution is 2.43. The maximum atomic E-state index is 12.9. The molecule has 3 aliphatic rings. The second-order valence-corrected chi connectivity index (χ2v) is 8.51. The van der Waals surface area contributed by atoms with Crippen LogP contribution in [0.25, 0.3) is 0 Å². The van der Waals surface area contributed by atoms with Gasteiger partial charge in [0.2, 0.25) is 11.8 Å². The maximum Gasteiger partial charge on any atom is 0.249 e. The van der Waals surface area contributed by atoms with Crippen molar-refractivity contribution >= 4 is 5.91 Å². The summed E-state index contributed by atoms with van der Waals surface area (Å²) >= 11 is 0. The van der Waals surface area contributed by atoms with Crippen LogP contribution >= 0.6 is 0 Å². The van der Waals surface area contributed by atoms with Gasteiger partial charge in [0.15, 0.2) is 0 Å². The van der Waals surface area contributed by atoms with Crippen molar-refractivity contribution in [1.29, 1.82) is 0 Å². The molecule has 6 heteroatoms. The molecule has 1 saturated carbocycles. The van der Waals surface area contributed by atoms with Crippen LogP contribution in [0.3, 0.4) is 0 Å². The zero-order valence-electron chi connectivity index (χ0n) is 15.8. The molecule has 148 valence electrons. The molecule has 3 fully saturated rings. The number of likely N-dealkylation sites (tertiary alicyclic amines) is 1. The van der Waals surface area contributed by atoms with E-state index in [9.17, 15) is 13.6 Å².